The molecule has 0 aliphatic carbocycles. The summed E-state index contributed by atoms with van der Waals surface area (Å²) in [6, 6.07) is 11.1. The zero-order valence-electron chi connectivity index (χ0n) is 12.0. The van der Waals surface area contributed by atoms with Crippen LogP contribution in [0.25, 0.3) is 0 Å². The first-order valence-electron chi connectivity index (χ1n) is 6.90. The standard InChI is InChI=1S/C17H22N2/c1-4-14-12-19-10-9-16(14)17(18-3)11-15-8-6-5-7-13(15)2/h5-10,12,17-18H,4,11H2,1-3H3. The summed E-state index contributed by atoms with van der Waals surface area (Å²) in [5.74, 6) is 0. The van der Waals surface area contributed by atoms with Crippen molar-refractivity contribution in [3.05, 3.63) is 65.0 Å². The molecule has 2 nitrogen and oxygen atoms in total. The van der Waals surface area contributed by atoms with Crippen LogP contribution in [0.1, 0.15) is 35.2 Å². The molecule has 0 aliphatic rings. The lowest BCUT2D eigenvalue weighted by Crippen LogP contribution is -2.20. The largest absolute Gasteiger partial charge is 0.313 e. The minimum absolute atomic E-state index is 0.346. The molecule has 0 radical (unpaired) electrons. The van der Waals surface area contributed by atoms with Gasteiger partial charge in [-0.15, -0.1) is 0 Å². The van der Waals surface area contributed by atoms with Gasteiger partial charge in [-0.25, -0.2) is 0 Å². The molecule has 19 heavy (non-hydrogen) atoms. The minimum atomic E-state index is 0.346. The molecule has 1 aromatic heterocycles. The van der Waals surface area contributed by atoms with Gasteiger partial charge in [-0.05, 0) is 55.1 Å². The third-order valence-electron chi connectivity index (χ3n) is 3.73. The topological polar surface area (TPSA) is 24.9 Å². The SMILES string of the molecule is CCc1cnccc1C(Cc1ccccc1C)NC. The molecule has 2 rings (SSSR count). The first-order valence-corrected chi connectivity index (χ1v) is 6.90. The molecule has 2 aromatic rings. The number of pyridine rings is 1. The normalized spacial score (nSPS) is 12.4. The van der Waals surface area contributed by atoms with Crippen LogP contribution in [-0.4, -0.2) is 12.0 Å². The van der Waals surface area contributed by atoms with Crippen molar-refractivity contribution in [2.45, 2.75) is 32.7 Å². The van der Waals surface area contributed by atoms with Gasteiger partial charge in [0.2, 0.25) is 0 Å². The molecule has 1 atom stereocenters. The lowest BCUT2D eigenvalue weighted by Gasteiger charge is -2.20. The van der Waals surface area contributed by atoms with Gasteiger partial charge in [0.25, 0.3) is 0 Å². The van der Waals surface area contributed by atoms with Crippen molar-refractivity contribution in [2.24, 2.45) is 0 Å². The summed E-state index contributed by atoms with van der Waals surface area (Å²) in [5, 5.41) is 3.44. The van der Waals surface area contributed by atoms with Crippen molar-refractivity contribution in [1.82, 2.24) is 10.3 Å². The summed E-state index contributed by atoms with van der Waals surface area (Å²) in [6.07, 6.45) is 5.91. The maximum absolute atomic E-state index is 4.23. The quantitative estimate of drug-likeness (QED) is 0.884. The van der Waals surface area contributed by atoms with E-state index in [1.165, 1.54) is 22.3 Å². The maximum Gasteiger partial charge on any atom is 0.0362 e. The van der Waals surface area contributed by atoms with E-state index >= 15 is 0 Å². The van der Waals surface area contributed by atoms with Crippen molar-refractivity contribution in [3.8, 4) is 0 Å². The van der Waals surface area contributed by atoms with E-state index in [0.29, 0.717) is 6.04 Å². The van der Waals surface area contributed by atoms with Gasteiger partial charge in [0.05, 0.1) is 0 Å². The van der Waals surface area contributed by atoms with E-state index in [9.17, 15) is 0 Å². The van der Waals surface area contributed by atoms with Crippen LogP contribution in [0.4, 0.5) is 0 Å². The fraction of sp³-hybridized carbons (Fsp3) is 0.353. The van der Waals surface area contributed by atoms with Gasteiger partial charge >= 0.3 is 0 Å². The van der Waals surface area contributed by atoms with Gasteiger partial charge in [0.1, 0.15) is 0 Å². The molecule has 1 N–H and O–H groups in total. The van der Waals surface area contributed by atoms with Crippen LogP contribution in [0, 0.1) is 6.92 Å². The van der Waals surface area contributed by atoms with Crippen molar-refractivity contribution >= 4 is 0 Å². The Morgan fingerprint density at radius 3 is 2.63 bits per heavy atom. The van der Waals surface area contributed by atoms with Crippen molar-refractivity contribution in [2.75, 3.05) is 7.05 Å². The fourth-order valence-electron chi connectivity index (χ4n) is 2.50. The highest BCUT2D eigenvalue weighted by molar-refractivity contribution is 5.32. The lowest BCUT2D eigenvalue weighted by atomic mass is 9.93. The van der Waals surface area contributed by atoms with Crippen LogP contribution in [-0.2, 0) is 12.8 Å². The van der Waals surface area contributed by atoms with Crippen LogP contribution in [0.2, 0.25) is 0 Å². The van der Waals surface area contributed by atoms with E-state index < -0.39 is 0 Å². The van der Waals surface area contributed by atoms with Gasteiger partial charge in [-0.1, -0.05) is 31.2 Å². The smallest absolute Gasteiger partial charge is 0.0362 e. The van der Waals surface area contributed by atoms with E-state index in [2.05, 4.69) is 54.5 Å². The Morgan fingerprint density at radius 1 is 1.16 bits per heavy atom. The zero-order valence-corrected chi connectivity index (χ0v) is 12.0. The van der Waals surface area contributed by atoms with Crippen LogP contribution < -0.4 is 5.32 Å². The molecule has 0 saturated carbocycles. The number of likely N-dealkylation sites (N-methyl/N-ethyl adjacent to an activating group) is 1. The summed E-state index contributed by atoms with van der Waals surface area (Å²) < 4.78 is 0. The van der Waals surface area contributed by atoms with Crippen LogP contribution >= 0.6 is 0 Å². The van der Waals surface area contributed by atoms with Crippen LogP contribution in [0.15, 0.2) is 42.7 Å². The average Bonchev–Trinajstić information content (AvgIpc) is 2.46. The summed E-state index contributed by atoms with van der Waals surface area (Å²) in [5.41, 5.74) is 5.45. The molecule has 2 heteroatoms. The van der Waals surface area contributed by atoms with E-state index in [1.54, 1.807) is 0 Å². The van der Waals surface area contributed by atoms with E-state index in [0.717, 1.165) is 12.8 Å². The molecule has 0 bridgehead atoms. The first kappa shape index (κ1) is 13.8. The van der Waals surface area contributed by atoms with E-state index in [1.807, 2.05) is 19.4 Å². The van der Waals surface area contributed by atoms with Crippen molar-refractivity contribution in [3.63, 3.8) is 0 Å². The van der Waals surface area contributed by atoms with E-state index in [-0.39, 0.29) is 0 Å². The summed E-state index contributed by atoms with van der Waals surface area (Å²) in [7, 11) is 2.03. The predicted octanol–water partition coefficient (Wildman–Crippen LogP) is 3.46. The van der Waals surface area contributed by atoms with Gasteiger partial charge in [0.15, 0.2) is 0 Å². The Hall–Kier alpha value is -1.67. The highest BCUT2D eigenvalue weighted by atomic mass is 14.9. The van der Waals surface area contributed by atoms with Crippen molar-refractivity contribution in [1.29, 1.82) is 0 Å². The lowest BCUT2D eigenvalue weighted by molar-refractivity contribution is 0.584. The number of hydrogen-bond donors (Lipinski definition) is 1. The Balaban J connectivity index is 2.28. The van der Waals surface area contributed by atoms with Crippen molar-refractivity contribution < 1.29 is 0 Å². The Labute approximate surface area is 115 Å². The molecule has 0 fully saturated rings. The van der Waals surface area contributed by atoms with Crippen LogP contribution in [0.5, 0.6) is 0 Å². The van der Waals surface area contributed by atoms with Gasteiger partial charge in [0, 0.05) is 18.4 Å². The molecule has 100 valence electrons. The minimum Gasteiger partial charge on any atom is -0.313 e. The Bertz CT molecular complexity index is 534. The number of hydrogen-bond acceptors (Lipinski definition) is 2. The number of aromatic nitrogens is 1. The summed E-state index contributed by atoms with van der Waals surface area (Å²) in [4.78, 5) is 4.23. The van der Waals surface area contributed by atoms with E-state index in [4.69, 9.17) is 0 Å². The van der Waals surface area contributed by atoms with Gasteiger partial charge in [-0.3, -0.25) is 4.98 Å². The maximum atomic E-state index is 4.23. The number of nitrogens with one attached hydrogen (secondary N) is 1. The highest BCUT2D eigenvalue weighted by Gasteiger charge is 2.14. The molecular formula is C17H22N2. The molecule has 0 spiro atoms. The molecular weight excluding hydrogens is 232 g/mol. The second kappa shape index (κ2) is 6.48. The molecule has 1 aromatic carbocycles. The summed E-state index contributed by atoms with van der Waals surface area (Å²) in [6.45, 7) is 4.36. The summed E-state index contributed by atoms with van der Waals surface area (Å²) >= 11 is 0. The third kappa shape index (κ3) is 3.21. The number of aryl methyl sites for hydroxylation is 2. The molecule has 1 heterocycles. The Morgan fingerprint density at radius 2 is 1.95 bits per heavy atom. The van der Waals surface area contributed by atoms with Gasteiger partial charge < -0.3 is 5.32 Å². The fourth-order valence-corrected chi connectivity index (χ4v) is 2.50. The molecule has 0 amide bonds. The zero-order chi connectivity index (χ0) is 13.7. The third-order valence-corrected chi connectivity index (χ3v) is 3.73. The number of rotatable bonds is 5. The Kier molecular flexibility index (Phi) is 4.69. The average molecular weight is 254 g/mol. The molecule has 0 saturated heterocycles. The molecule has 1 unspecified atom stereocenters. The number of benzene rings is 1. The second-order valence-electron chi connectivity index (χ2n) is 4.90. The highest BCUT2D eigenvalue weighted by Crippen LogP contribution is 2.23. The molecule has 0 aliphatic heterocycles. The number of nitrogens with zero attached hydrogens (tertiary/aromatic N) is 1. The first-order chi connectivity index (χ1) is 9.26. The van der Waals surface area contributed by atoms with Crippen LogP contribution in [0.3, 0.4) is 0 Å². The predicted molar refractivity (Wildman–Crippen MR) is 80.3 cm³/mol. The monoisotopic (exact) mass is 254 g/mol. The second-order valence-corrected chi connectivity index (χ2v) is 4.90. The van der Waals surface area contributed by atoms with Gasteiger partial charge in [-0.2, -0.15) is 0 Å².